The first-order valence-corrected chi connectivity index (χ1v) is 3.78. The molecule has 0 bridgehead atoms. The van der Waals surface area contributed by atoms with Crippen molar-refractivity contribution in [2.75, 3.05) is 0 Å². The summed E-state index contributed by atoms with van der Waals surface area (Å²) in [5.74, 6) is 1.51. The van der Waals surface area contributed by atoms with Crippen molar-refractivity contribution in [3.05, 3.63) is 12.7 Å². The fraction of sp³-hybridized carbons (Fsp3) is 0.571. The predicted molar refractivity (Wildman–Crippen MR) is 45.4 cm³/mol. The Labute approximate surface area is 66.7 Å². The second-order valence-corrected chi connectivity index (χ2v) is 2.67. The summed E-state index contributed by atoms with van der Waals surface area (Å²) in [7, 11) is 0. The van der Waals surface area contributed by atoms with E-state index in [9.17, 15) is 0 Å². The Hall–Kier alpha value is -1.03. The summed E-state index contributed by atoms with van der Waals surface area (Å²) in [6.45, 7) is 5.86. The number of nitrogens with one attached hydrogen (secondary N) is 3. The molecule has 0 aromatic carbocycles. The van der Waals surface area contributed by atoms with Gasteiger partial charge in [0.05, 0.1) is 0 Å². The van der Waals surface area contributed by atoms with Gasteiger partial charge in [-0.15, -0.1) is 17.2 Å². The molecule has 11 heavy (non-hydrogen) atoms. The predicted octanol–water partition coefficient (Wildman–Crippen LogP) is 0.515. The first kappa shape index (κ1) is 8.07. The average Bonchev–Trinajstić information content (AvgIpc) is 2.52. The van der Waals surface area contributed by atoms with E-state index in [0.29, 0.717) is 5.92 Å². The minimum atomic E-state index is 0.556. The molecule has 4 nitrogen and oxygen atoms in total. The largest absolute Gasteiger partial charge is 0.289 e. The molecule has 1 aliphatic heterocycles. The summed E-state index contributed by atoms with van der Waals surface area (Å²) in [5.41, 5.74) is 8.19. The van der Waals surface area contributed by atoms with Crippen LogP contribution in [0.25, 0.3) is 0 Å². The quantitative estimate of drug-likeness (QED) is 0.517. The molecule has 0 aromatic heterocycles. The highest BCUT2D eigenvalue weighted by molar-refractivity contribution is 5.82. The molecule has 0 radical (unpaired) electrons. The summed E-state index contributed by atoms with van der Waals surface area (Å²) in [6, 6.07) is 0. The highest BCUT2D eigenvalue weighted by Gasteiger charge is 2.04. The smallest absolute Gasteiger partial charge is 0.139 e. The molecule has 0 amide bonds. The lowest BCUT2D eigenvalue weighted by atomic mass is 10.1. The average molecular weight is 154 g/mol. The van der Waals surface area contributed by atoms with Crippen molar-refractivity contribution in [3.8, 4) is 0 Å². The highest BCUT2D eigenvalue weighted by Crippen LogP contribution is 2.06. The molecule has 0 spiro atoms. The van der Waals surface area contributed by atoms with E-state index in [1.165, 1.54) is 0 Å². The highest BCUT2D eigenvalue weighted by atomic mass is 15.8. The molecule has 1 aliphatic rings. The Bertz CT molecular complexity index is 164. The SMILES string of the molecule is C=CC(C)CCC1=NNNN1. The molecule has 0 saturated carbocycles. The van der Waals surface area contributed by atoms with Crippen molar-refractivity contribution in [1.29, 1.82) is 0 Å². The topological polar surface area (TPSA) is 48.5 Å². The second kappa shape index (κ2) is 3.98. The minimum Gasteiger partial charge on any atom is -0.289 e. The van der Waals surface area contributed by atoms with Crippen molar-refractivity contribution in [1.82, 2.24) is 16.5 Å². The van der Waals surface area contributed by atoms with Crippen LogP contribution in [0.15, 0.2) is 17.8 Å². The number of allylic oxidation sites excluding steroid dienone is 1. The zero-order chi connectivity index (χ0) is 8.10. The monoisotopic (exact) mass is 154 g/mol. The van der Waals surface area contributed by atoms with Gasteiger partial charge in [-0.2, -0.15) is 0 Å². The van der Waals surface area contributed by atoms with Gasteiger partial charge in [-0.25, -0.2) is 5.53 Å². The fourth-order valence-electron chi connectivity index (χ4n) is 0.824. The Kier molecular flexibility index (Phi) is 2.92. The molecular formula is C7H14N4. The molecule has 4 heteroatoms. The fourth-order valence-corrected chi connectivity index (χ4v) is 0.824. The van der Waals surface area contributed by atoms with Gasteiger partial charge >= 0.3 is 0 Å². The lowest BCUT2D eigenvalue weighted by Gasteiger charge is -2.03. The third kappa shape index (κ3) is 2.59. The summed E-state index contributed by atoms with van der Waals surface area (Å²) < 4.78 is 0. The van der Waals surface area contributed by atoms with Crippen LogP contribution in [-0.4, -0.2) is 5.84 Å². The van der Waals surface area contributed by atoms with E-state index in [4.69, 9.17) is 0 Å². The molecular weight excluding hydrogens is 140 g/mol. The zero-order valence-corrected chi connectivity index (χ0v) is 6.72. The maximum absolute atomic E-state index is 3.95. The molecule has 62 valence electrons. The van der Waals surface area contributed by atoms with E-state index in [-0.39, 0.29) is 0 Å². The zero-order valence-electron chi connectivity index (χ0n) is 6.72. The molecule has 0 fully saturated rings. The van der Waals surface area contributed by atoms with E-state index in [1.54, 1.807) is 0 Å². The van der Waals surface area contributed by atoms with Gasteiger partial charge in [0.15, 0.2) is 0 Å². The number of hydrazone groups is 1. The van der Waals surface area contributed by atoms with Crippen LogP contribution < -0.4 is 16.5 Å². The van der Waals surface area contributed by atoms with Gasteiger partial charge in [0, 0.05) is 6.42 Å². The second-order valence-electron chi connectivity index (χ2n) is 2.67. The minimum absolute atomic E-state index is 0.556. The standard InChI is InChI=1S/C7H14N4/c1-3-6(2)4-5-7-8-10-11-9-7/h3,6,10-11H,1,4-5H2,2H3,(H,8,9). The molecule has 3 N–H and O–H groups in total. The third-order valence-corrected chi connectivity index (χ3v) is 1.69. The van der Waals surface area contributed by atoms with Gasteiger partial charge in [-0.1, -0.05) is 13.0 Å². The molecule has 1 rings (SSSR count). The number of hydrogen-bond acceptors (Lipinski definition) is 4. The third-order valence-electron chi connectivity index (χ3n) is 1.69. The number of hydrazine groups is 2. The summed E-state index contributed by atoms with van der Waals surface area (Å²) >= 11 is 0. The number of amidine groups is 1. The van der Waals surface area contributed by atoms with Crippen LogP contribution >= 0.6 is 0 Å². The van der Waals surface area contributed by atoms with Crippen LogP contribution in [0.2, 0.25) is 0 Å². The lowest BCUT2D eigenvalue weighted by Crippen LogP contribution is -2.34. The van der Waals surface area contributed by atoms with Crippen LogP contribution in [0.5, 0.6) is 0 Å². The maximum atomic E-state index is 3.95. The van der Waals surface area contributed by atoms with Crippen LogP contribution in [0.4, 0.5) is 0 Å². The van der Waals surface area contributed by atoms with E-state index in [1.807, 2.05) is 6.08 Å². The van der Waals surface area contributed by atoms with Crippen molar-refractivity contribution in [3.63, 3.8) is 0 Å². The normalized spacial score (nSPS) is 18.1. The van der Waals surface area contributed by atoms with Gasteiger partial charge in [0.1, 0.15) is 5.84 Å². The van der Waals surface area contributed by atoms with Gasteiger partial charge < -0.3 is 0 Å². The van der Waals surface area contributed by atoms with Gasteiger partial charge in [0.2, 0.25) is 0 Å². The molecule has 0 aromatic rings. The van der Waals surface area contributed by atoms with E-state index >= 15 is 0 Å². The molecule has 1 heterocycles. The van der Waals surface area contributed by atoms with Crippen LogP contribution in [0, 0.1) is 5.92 Å². The molecule has 1 atom stereocenters. The number of hydrogen-bond donors (Lipinski definition) is 3. The number of rotatable bonds is 4. The Balaban J connectivity index is 2.16. The van der Waals surface area contributed by atoms with Crippen molar-refractivity contribution < 1.29 is 0 Å². The Morgan fingerprint density at radius 2 is 2.55 bits per heavy atom. The van der Waals surface area contributed by atoms with Crippen LogP contribution in [-0.2, 0) is 0 Å². The van der Waals surface area contributed by atoms with Crippen molar-refractivity contribution in [2.24, 2.45) is 11.0 Å². The number of nitrogens with zero attached hydrogens (tertiary/aromatic N) is 1. The van der Waals surface area contributed by atoms with Gasteiger partial charge in [-0.05, 0) is 12.3 Å². The summed E-state index contributed by atoms with van der Waals surface area (Å²) in [5, 5.41) is 3.95. The van der Waals surface area contributed by atoms with E-state index < -0.39 is 0 Å². The first-order chi connectivity index (χ1) is 5.33. The van der Waals surface area contributed by atoms with Gasteiger partial charge in [-0.3, -0.25) is 5.43 Å². The molecule has 0 aliphatic carbocycles. The van der Waals surface area contributed by atoms with Crippen LogP contribution in [0.3, 0.4) is 0 Å². The van der Waals surface area contributed by atoms with E-state index in [2.05, 4.69) is 35.1 Å². The molecule has 0 saturated heterocycles. The Morgan fingerprint density at radius 3 is 3.09 bits per heavy atom. The van der Waals surface area contributed by atoms with Crippen molar-refractivity contribution >= 4 is 5.84 Å². The van der Waals surface area contributed by atoms with E-state index in [0.717, 1.165) is 18.7 Å². The first-order valence-electron chi connectivity index (χ1n) is 3.78. The maximum Gasteiger partial charge on any atom is 0.139 e. The Morgan fingerprint density at radius 1 is 1.73 bits per heavy atom. The van der Waals surface area contributed by atoms with Gasteiger partial charge in [0.25, 0.3) is 0 Å². The summed E-state index contributed by atoms with van der Waals surface area (Å²) in [4.78, 5) is 0. The van der Waals surface area contributed by atoms with Crippen LogP contribution in [0.1, 0.15) is 19.8 Å². The summed E-state index contributed by atoms with van der Waals surface area (Å²) in [6.07, 6.45) is 3.99. The molecule has 1 unspecified atom stereocenters. The lowest BCUT2D eigenvalue weighted by molar-refractivity contribution is 0.574. The van der Waals surface area contributed by atoms with Crippen molar-refractivity contribution in [2.45, 2.75) is 19.8 Å².